The van der Waals surface area contributed by atoms with Gasteiger partial charge in [0.05, 0.1) is 30.0 Å². The fourth-order valence-electron chi connectivity index (χ4n) is 3.51. The summed E-state index contributed by atoms with van der Waals surface area (Å²) >= 11 is 0.825. The van der Waals surface area contributed by atoms with Gasteiger partial charge in [-0.2, -0.15) is 35.3 Å². The number of amides is 1. The van der Waals surface area contributed by atoms with E-state index in [4.69, 9.17) is 14.7 Å². The summed E-state index contributed by atoms with van der Waals surface area (Å²) in [6, 6.07) is 8.55. The number of thioether (sulfide) groups is 1. The third-order valence-electron chi connectivity index (χ3n) is 4.92. The van der Waals surface area contributed by atoms with E-state index < -0.39 is 11.9 Å². The molecule has 1 amide bonds. The van der Waals surface area contributed by atoms with E-state index in [1.165, 1.54) is 6.07 Å². The summed E-state index contributed by atoms with van der Waals surface area (Å²) in [7, 11) is 0. The molecule has 2 aliphatic rings. The van der Waals surface area contributed by atoms with E-state index in [0.29, 0.717) is 48.9 Å². The van der Waals surface area contributed by atoms with Gasteiger partial charge in [-0.3, -0.25) is 4.79 Å². The van der Waals surface area contributed by atoms with Crippen LogP contribution in [0, 0.1) is 11.3 Å². The van der Waals surface area contributed by atoms with Gasteiger partial charge in [-0.05, 0) is 42.4 Å². The Morgan fingerprint density at radius 3 is 2.97 bits per heavy atom. The van der Waals surface area contributed by atoms with Crippen molar-refractivity contribution in [1.82, 2.24) is 15.1 Å². The van der Waals surface area contributed by atoms with Gasteiger partial charge in [-0.1, -0.05) is 0 Å². The molecule has 0 fully saturated rings. The zero-order valence-corrected chi connectivity index (χ0v) is 17.1. The van der Waals surface area contributed by atoms with Gasteiger partial charge in [0.1, 0.15) is 18.5 Å². The summed E-state index contributed by atoms with van der Waals surface area (Å²) in [5.41, 5.74) is 1.59. The molecular weight excluding hydrogens is 433 g/mol. The quantitative estimate of drug-likeness (QED) is 0.678. The number of alkyl halides is 3. The van der Waals surface area contributed by atoms with E-state index >= 15 is 0 Å². The topological polar surface area (TPSA) is 89.2 Å². The maximum absolute atomic E-state index is 12.6. The molecule has 1 aromatic heterocycles. The van der Waals surface area contributed by atoms with E-state index in [0.717, 1.165) is 17.3 Å². The zero-order valence-electron chi connectivity index (χ0n) is 16.3. The highest BCUT2D eigenvalue weighted by atomic mass is 32.2. The first-order valence-electron chi connectivity index (χ1n) is 9.66. The predicted molar refractivity (Wildman–Crippen MR) is 106 cm³/mol. The average molecular weight is 452 g/mol. The van der Waals surface area contributed by atoms with E-state index in [9.17, 15) is 18.0 Å². The Labute approximate surface area is 180 Å². The zero-order chi connectivity index (χ0) is 22.0. The molecule has 1 N–H and O–H groups in total. The van der Waals surface area contributed by atoms with Gasteiger partial charge in [0, 0.05) is 6.07 Å². The molecule has 11 heteroatoms. The Balaban J connectivity index is 1.28. The first-order valence-corrected chi connectivity index (χ1v) is 10.8. The maximum atomic E-state index is 12.6. The smallest absolute Gasteiger partial charge is 0.397 e. The van der Waals surface area contributed by atoms with Gasteiger partial charge in [0.25, 0.3) is 5.91 Å². The van der Waals surface area contributed by atoms with Crippen LogP contribution in [-0.2, 0) is 13.0 Å². The number of fused-ring (bicyclic) bond motifs is 2. The number of benzene rings is 1. The molecule has 7 nitrogen and oxygen atoms in total. The molecule has 2 aliphatic heterocycles. The van der Waals surface area contributed by atoms with Crippen molar-refractivity contribution in [3.63, 3.8) is 0 Å². The average Bonchev–Trinajstić information content (AvgIpc) is 3.29. The normalized spacial score (nSPS) is 19.5. The Morgan fingerprint density at radius 1 is 1.39 bits per heavy atom. The predicted octanol–water partition coefficient (Wildman–Crippen LogP) is 2.93. The monoisotopic (exact) mass is 452 g/mol. The van der Waals surface area contributed by atoms with Crippen LogP contribution in [0.3, 0.4) is 0 Å². The third kappa shape index (κ3) is 5.25. The molecule has 0 bridgehead atoms. The molecule has 0 aliphatic carbocycles. The van der Waals surface area contributed by atoms with Crippen LogP contribution in [0.5, 0.6) is 11.6 Å². The summed E-state index contributed by atoms with van der Waals surface area (Å²) in [5, 5.41) is 16.2. The standard InChI is InChI=1S/C20H19F3N4O3S/c21-20(22,23)11-31-4-3-15-9-27-18(30-15)7-16(26-27)19(28)25-14-6-13-5-12(8-24)1-2-17(13)29-10-14/h1-2,5,7,14-15H,3-4,6,9-11H2,(H,25,28)/t14-,15?/m1/s1. The van der Waals surface area contributed by atoms with E-state index in [-0.39, 0.29) is 23.7 Å². The second kappa shape index (κ2) is 8.70. The molecule has 0 radical (unpaired) electrons. The van der Waals surface area contributed by atoms with Crippen molar-refractivity contribution in [2.45, 2.75) is 37.7 Å². The summed E-state index contributed by atoms with van der Waals surface area (Å²) in [6.07, 6.45) is -3.41. The molecule has 4 rings (SSSR count). The summed E-state index contributed by atoms with van der Waals surface area (Å²) in [4.78, 5) is 12.6. The summed E-state index contributed by atoms with van der Waals surface area (Å²) < 4.78 is 49.5. The van der Waals surface area contributed by atoms with Crippen LogP contribution < -0.4 is 14.8 Å². The third-order valence-corrected chi connectivity index (χ3v) is 5.98. The van der Waals surface area contributed by atoms with Gasteiger partial charge in [-0.15, -0.1) is 0 Å². The first-order chi connectivity index (χ1) is 14.8. The number of rotatable bonds is 6. The summed E-state index contributed by atoms with van der Waals surface area (Å²) in [6.45, 7) is 0.707. The molecule has 164 valence electrons. The lowest BCUT2D eigenvalue weighted by Crippen LogP contribution is -2.43. The number of aromatic nitrogens is 2. The molecule has 2 aromatic rings. The number of hydrogen-bond acceptors (Lipinski definition) is 6. The fourth-order valence-corrected chi connectivity index (χ4v) is 4.31. The van der Waals surface area contributed by atoms with Crippen molar-refractivity contribution < 1.29 is 27.4 Å². The van der Waals surface area contributed by atoms with Crippen LogP contribution in [0.25, 0.3) is 0 Å². The highest BCUT2D eigenvalue weighted by molar-refractivity contribution is 7.99. The number of halogens is 3. The first kappa shape index (κ1) is 21.4. The summed E-state index contributed by atoms with van der Waals surface area (Å²) in [5.74, 6) is 0.232. The van der Waals surface area contributed by atoms with Crippen molar-refractivity contribution >= 4 is 17.7 Å². The molecule has 0 spiro atoms. The number of carbonyl (C=O) groups is 1. The SMILES string of the molecule is N#Cc1ccc2c(c1)C[C@@H](NC(=O)c1cc3n(n1)CC(CCSCC(F)(F)F)O3)CO2. The Kier molecular flexibility index (Phi) is 6.00. The second-order valence-electron chi connectivity index (χ2n) is 7.37. The van der Waals surface area contributed by atoms with Gasteiger partial charge in [0.15, 0.2) is 5.69 Å². The van der Waals surface area contributed by atoms with Gasteiger partial charge in [-0.25, -0.2) is 4.68 Å². The molecule has 0 saturated carbocycles. The van der Waals surface area contributed by atoms with E-state index in [1.807, 2.05) is 0 Å². The number of nitrogens with zero attached hydrogens (tertiary/aromatic N) is 3. The van der Waals surface area contributed by atoms with Crippen molar-refractivity contribution in [3.8, 4) is 17.7 Å². The van der Waals surface area contributed by atoms with Gasteiger partial charge < -0.3 is 14.8 Å². The molecule has 1 unspecified atom stereocenters. The van der Waals surface area contributed by atoms with Crippen LogP contribution in [0.15, 0.2) is 24.3 Å². The Hall–Kier alpha value is -2.87. The van der Waals surface area contributed by atoms with Crippen LogP contribution in [0.1, 0.15) is 28.0 Å². The lowest BCUT2D eigenvalue weighted by molar-refractivity contribution is -0.105. The minimum Gasteiger partial charge on any atom is -0.491 e. The maximum Gasteiger partial charge on any atom is 0.397 e. The van der Waals surface area contributed by atoms with Crippen LogP contribution >= 0.6 is 11.8 Å². The van der Waals surface area contributed by atoms with E-state index in [2.05, 4.69) is 16.5 Å². The van der Waals surface area contributed by atoms with Gasteiger partial charge >= 0.3 is 6.18 Å². The largest absolute Gasteiger partial charge is 0.491 e. The molecule has 31 heavy (non-hydrogen) atoms. The van der Waals surface area contributed by atoms with Crippen molar-refractivity contribution in [3.05, 3.63) is 41.1 Å². The van der Waals surface area contributed by atoms with E-state index in [1.54, 1.807) is 22.9 Å². The molecule has 3 heterocycles. The number of hydrogen-bond donors (Lipinski definition) is 1. The molecule has 0 saturated heterocycles. The van der Waals surface area contributed by atoms with Crippen molar-refractivity contribution in [2.24, 2.45) is 0 Å². The minimum atomic E-state index is -4.17. The number of nitrogens with one attached hydrogen (secondary N) is 1. The van der Waals surface area contributed by atoms with Gasteiger partial charge in [0.2, 0.25) is 5.88 Å². The van der Waals surface area contributed by atoms with Crippen LogP contribution in [0.2, 0.25) is 0 Å². The fraction of sp³-hybridized carbons (Fsp3) is 0.450. The van der Waals surface area contributed by atoms with Crippen LogP contribution in [0.4, 0.5) is 13.2 Å². The minimum absolute atomic E-state index is 0.205. The van der Waals surface area contributed by atoms with Crippen molar-refractivity contribution in [2.75, 3.05) is 18.1 Å². The molecule has 2 atom stereocenters. The highest BCUT2D eigenvalue weighted by Gasteiger charge is 2.30. The Morgan fingerprint density at radius 2 is 2.23 bits per heavy atom. The molecule has 1 aromatic carbocycles. The second-order valence-corrected chi connectivity index (χ2v) is 8.47. The lowest BCUT2D eigenvalue weighted by atomic mass is 10.0. The van der Waals surface area contributed by atoms with Crippen molar-refractivity contribution in [1.29, 1.82) is 5.26 Å². The number of nitriles is 1. The number of ether oxygens (including phenoxy) is 2. The molecular formula is C20H19F3N4O3S. The highest BCUT2D eigenvalue weighted by Crippen LogP contribution is 2.28. The van der Waals surface area contributed by atoms with Crippen LogP contribution in [-0.4, -0.2) is 52.1 Å². The Bertz CT molecular complexity index is 995. The lowest BCUT2D eigenvalue weighted by Gasteiger charge is -2.26. The number of carbonyl (C=O) groups excluding carboxylic acids is 1.